The second-order valence-corrected chi connectivity index (χ2v) is 11.0. The van der Waals surface area contributed by atoms with Gasteiger partial charge in [0.1, 0.15) is 18.2 Å². The van der Waals surface area contributed by atoms with E-state index in [1.54, 1.807) is 53.2 Å². The normalized spacial score (nSPS) is 16.4. The number of carboxylic acids is 1. The predicted molar refractivity (Wildman–Crippen MR) is 158 cm³/mol. The van der Waals surface area contributed by atoms with E-state index in [9.17, 15) is 19.1 Å². The van der Waals surface area contributed by atoms with Gasteiger partial charge in [0.2, 0.25) is 5.88 Å². The number of benzene rings is 2. The van der Waals surface area contributed by atoms with E-state index in [1.807, 2.05) is 10.6 Å². The number of halogens is 1. The van der Waals surface area contributed by atoms with Crippen LogP contribution >= 0.6 is 0 Å². The summed E-state index contributed by atoms with van der Waals surface area (Å²) in [6.07, 6.45) is 2.60. The third-order valence-corrected chi connectivity index (χ3v) is 8.14. The van der Waals surface area contributed by atoms with Crippen LogP contribution in [0, 0.1) is 5.82 Å². The summed E-state index contributed by atoms with van der Waals surface area (Å²) in [6.45, 7) is 2.65. The van der Waals surface area contributed by atoms with Crippen LogP contribution in [0.15, 0.2) is 77.7 Å². The van der Waals surface area contributed by atoms with E-state index >= 15 is 0 Å². The molecule has 11 heteroatoms. The minimum Gasteiger partial charge on any atom is -0.478 e. The highest BCUT2D eigenvalue weighted by atomic mass is 19.1. The number of rotatable bonds is 10. The van der Waals surface area contributed by atoms with Crippen LogP contribution in [0.3, 0.4) is 0 Å². The van der Waals surface area contributed by atoms with Gasteiger partial charge in [-0.2, -0.15) is 0 Å². The molecule has 1 N–H and O–H groups in total. The largest absolute Gasteiger partial charge is 0.478 e. The van der Waals surface area contributed by atoms with Gasteiger partial charge in [0, 0.05) is 42.0 Å². The van der Waals surface area contributed by atoms with Crippen molar-refractivity contribution >= 4 is 17.0 Å². The van der Waals surface area contributed by atoms with Gasteiger partial charge >= 0.3 is 5.97 Å². The molecule has 5 heterocycles. The molecular formula is C33H29FN4O6. The van der Waals surface area contributed by atoms with Gasteiger partial charge in [0.25, 0.3) is 5.56 Å². The first-order valence-corrected chi connectivity index (χ1v) is 14.4. The number of hydrogen-bond acceptors (Lipinski definition) is 7. The Morgan fingerprint density at radius 3 is 2.64 bits per heavy atom. The van der Waals surface area contributed by atoms with Crippen LogP contribution in [0.2, 0.25) is 0 Å². The summed E-state index contributed by atoms with van der Waals surface area (Å²) in [5, 5.41) is 9.49. The molecule has 1 atom stereocenters. The molecule has 2 saturated heterocycles. The molecule has 10 nitrogen and oxygen atoms in total. The van der Waals surface area contributed by atoms with Crippen molar-refractivity contribution in [3.8, 4) is 17.1 Å². The van der Waals surface area contributed by atoms with Crippen molar-refractivity contribution in [2.45, 2.75) is 38.1 Å². The standard InChI is InChI=1S/C33H29FN4O6/c34-26-12-20(24-17-42-18-24)4-5-23(26)19-44-31-3-1-2-27(36-31)21-8-10-37(32(39)14-21)16-30-35-28-7-6-22(33(40)41)13-29(28)38(30)15-25-9-11-43-25/h1-8,10,12-14,24-25H,9,11,15-19H2,(H,40,41)/t25-/m0/s1. The van der Waals surface area contributed by atoms with E-state index in [2.05, 4.69) is 4.98 Å². The fraction of sp³-hybridized carbons (Fsp3) is 0.273. The van der Waals surface area contributed by atoms with E-state index in [1.165, 1.54) is 18.2 Å². The number of hydrogen-bond donors (Lipinski definition) is 1. The van der Waals surface area contributed by atoms with Crippen LogP contribution in [0.4, 0.5) is 4.39 Å². The maximum atomic E-state index is 14.7. The highest BCUT2D eigenvalue weighted by Gasteiger charge is 2.23. The summed E-state index contributed by atoms with van der Waals surface area (Å²) >= 11 is 0. The average molecular weight is 597 g/mol. The SMILES string of the molecule is O=C(O)c1ccc2nc(Cn3ccc(-c4cccc(OCc5ccc(C6COC6)cc5F)n4)cc3=O)n(C[C@@H]3CCO3)c2c1. The molecule has 0 amide bonds. The zero-order valence-corrected chi connectivity index (χ0v) is 23.7. The highest BCUT2D eigenvalue weighted by Crippen LogP contribution is 2.27. The highest BCUT2D eigenvalue weighted by molar-refractivity contribution is 5.92. The number of carboxylic acid groups (broad SMARTS) is 1. The van der Waals surface area contributed by atoms with Crippen molar-refractivity contribution in [2.75, 3.05) is 19.8 Å². The van der Waals surface area contributed by atoms with Crippen LogP contribution in [0.1, 0.15) is 39.6 Å². The van der Waals surface area contributed by atoms with E-state index in [-0.39, 0.29) is 42.1 Å². The van der Waals surface area contributed by atoms with Crippen LogP contribution in [0.5, 0.6) is 5.88 Å². The average Bonchev–Trinajstić information content (AvgIpc) is 3.30. The summed E-state index contributed by atoms with van der Waals surface area (Å²) in [5.41, 5.74) is 3.76. The molecule has 0 saturated carbocycles. The summed E-state index contributed by atoms with van der Waals surface area (Å²) in [7, 11) is 0. The lowest BCUT2D eigenvalue weighted by molar-refractivity contribution is -0.0590. The van der Waals surface area contributed by atoms with E-state index in [0.717, 1.165) is 12.0 Å². The number of nitrogens with zero attached hydrogens (tertiary/aromatic N) is 4. The van der Waals surface area contributed by atoms with Gasteiger partial charge in [-0.05, 0) is 48.4 Å². The molecular weight excluding hydrogens is 567 g/mol. The maximum Gasteiger partial charge on any atom is 0.335 e. The van der Waals surface area contributed by atoms with Gasteiger partial charge < -0.3 is 28.5 Å². The molecule has 0 spiro atoms. The van der Waals surface area contributed by atoms with Crippen LogP contribution in [-0.2, 0) is 29.2 Å². The molecule has 3 aromatic heterocycles. The zero-order valence-electron chi connectivity index (χ0n) is 23.7. The fourth-order valence-corrected chi connectivity index (χ4v) is 5.38. The molecule has 7 rings (SSSR count). The third-order valence-electron chi connectivity index (χ3n) is 8.14. The van der Waals surface area contributed by atoms with Gasteiger partial charge in [-0.3, -0.25) is 4.79 Å². The molecule has 2 fully saturated rings. The molecule has 0 unspecified atom stereocenters. The Balaban J connectivity index is 1.09. The minimum atomic E-state index is -1.02. The van der Waals surface area contributed by atoms with E-state index in [0.29, 0.717) is 65.9 Å². The number of pyridine rings is 2. The molecule has 2 aliphatic heterocycles. The molecule has 0 aliphatic carbocycles. The van der Waals surface area contributed by atoms with Crippen LogP contribution in [0.25, 0.3) is 22.3 Å². The Labute approximate surface area is 251 Å². The Morgan fingerprint density at radius 2 is 1.93 bits per heavy atom. The molecule has 5 aromatic rings. The number of ether oxygens (including phenoxy) is 3. The van der Waals surface area contributed by atoms with E-state index < -0.39 is 5.97 Å². The Morgan fingerprint density at radius 1 is 1.07 bits per heavy atom. The van der Waals surface area contributed by atoms with Crippen molar-refractivity contribution in [1.82, 2.24) is 19.1 Å². The molecule has 224 valence electrons. The molecule has 2 aromatic carbocycles. The van der Waals surface area contributed by atoms with Crippen molar-refractivity contribution in [3.05, 3.63) is 112 Å². The van der Waals surface area contributed by atoms with Crippen molar-refractivity contribution in [2.24, 2.45) is 0 Å². The third kappa shape index (κ3) is 5.59. The quantitative estimate of drug-likeness (QED) is 0.248. The Kier molecular flexibility index (Phi) is 7.41. The lowest BCUT2D eigenvalue weighted by Gasteiger charge is -2.27. The maximum absolute atomic E-state index is 14.7. The van der Waals surface area contributed by atoms with Crippen LogP contribution in [-0.4, -0.2) is 56.1 Å². The summed E-state index contributed by atoms with van der Waals surface area (Å²) in [6, 6.07) is 18.5. The van der Waals surface area contributed by atoms with Gasteiger partial charge in [-0.15, -0.1) is 0 Å². The molecule has 0 bridgehead atoms. The molecule has 44 heavy (non-hydrogen) atoms. The summed E-state index contributed by atoms with van der Waals surface area (Å²) in [5.74, 6) is -0.163. The molecule has 0 radical (unpaired) electrons. The first kappa shape index (κ1) is 27.9. The van der Waals surface area contributed by atoms with E-state index in [4.69, 9.17) is 19.2 Å². The van der Waals surface area contributed by atoms with Gasteiger partial charge in [-0.25, -0.2) is 19.2 Å². The topological polar surface area (TPSA) is 118 Å². The van der Waals surface area contributed by atoms with Crippen molar-refractivity contribution < 1.29 is 28.5 Å². The lowest BCUT2D eigenvalue weighted by atomic mass is 9.96. The van der Waals surface area contributed by atoms with Gasteiger partial charge in [-0.1, -0.05) is 18.2 Å². The van der Waals surface area contributed by atoms with Crippen molar-refractivity contribution in [3.63, 3.8) is 0 Å². The number of carbonyl (C=O) groups is 1. The Hall–Kier alpha value is -4.87. The van der Waals surface area contributed by atoms with Crippen molar-refractivity contribution in [1.29, 1.82) is 0 Å². The van der Waals surface area contributed by atoms with Gasteiger partial charge in [0.05, 0.1) is 54.7 Å². The monoisotopic (exact) mass is 596 g/mol. The zero-order chi connectivity index (χ0) is 30.2. The Bertz CT molecular complexity index is 1930. The van der Waals surface area contributed by atoms with Crippen LogP contribution < -0.4 is 10.3 Å². The number of aromatic nitrogens is 4. The number of fused-ring (bicyclic) bond motifs is 1. The summed E-state index contributed by atoms with van der Waals surface area (Å²) < 4.78 is 34.8. The second kappa shape index (κ2) is 11.7. The van der Waals surface area contributed by atoms with Gasteiger partial charge in [0.15, 0.2) is 0 Å². The number of imidazole rings is 1. The smallest absolute Gasteiger partial charge is 0.335 e. The first-order valence-electron chi connectivity index (χ1n) is 14.4. The second-order valence-electron chi connectivity index (χ2n) is 11.0. The molecule has 2 aliphatic rings. The predicted octanol–water partition coefficient (Wildman–Crippen LogP) is 4.63. The summed E-state index contributed by atoms with van der Waals surface area (Å²) in [4.78, 5) is 34.1. The first-order chi connectivity index (χ1) is 21.4. The number of aromatic carboxylic acids is 1. The fourth-order valence-electron chi connectivity index (χ4n) is 5.38. The lowest BCUT2D eigenvalue weighted by Crippen LogP contribution is -2.32. The minimum absolute atomic E-state index is 0.0117.